The van der Waals surface area contributed by atoms with Gasteiger partial charge in [-0.25, -0.2) is 8.42 Å². The molecule has 7 nitrogen and oxygen atoms in total. The van der Waals surface area contributed by atoms with Crippen molar-refractivity contribution >= 4 is 15.9 Å². The molecule has 0 unspecified atom stereocenters. The molecule has 30 heavy (non-hydrogen) atoms. The molecular formula is C22H24N2O5S. The number of carbonyl (C=O) groups is 1. The van der Waals surface area contributed by atoms with Crippen molar-refractivity contribution in [1.82, 2.24) is 10.0 Å². The largest absolute Gasteiger partial charge is 0.495 e. The number of ether oxygens (including phenoxy) is 1. The third-order valence-corrected chi connectivity index (χ3v) is 6.02. The van der Waals surface area contributed by atoms with Crippen molar-refractivity contribution < 1.29 is 22.4 Å². The highest BCUT2D eigenvalue weighted by Crippen LogP contribution is 2.25. The van der Waals surface area contributed by atoms with Gasteiger partial charge in [0.2, 0.25) is 15.9 Å². The number of hydrogen-bond donors (Lipinski definition) is 2. The molecule has 0 radical (unpaired) electrons. The zero-order valence-corrected chi connectivity index (χ0v) is 17.6. The predicted molar refractivity (Wildman–Crippen MR) is 113 cm³/mol. The van der Waals surface area contributed by atoms with E-state index in [1.807, 2.05) is 30.3 Å². The van der Waals surface area contributed by atoms with Crippen molar-refractivity contribution in [3.05, 3.63) is 83.8 Å². The van der Waals surface area contributed by atoms with Gasteiger partial charge in [0.1, 0.15) is 22.4 Å². The summed E-state index contributed by atoms with van der Waals surface area (Å²) in [5.74, 6) is 0.332. The van der Waals surface area contributed by atoms with Crippen molar-refractivity contribution in [2.24, 2.45) is 0 Å². The summed E-state index contributed by atoms with van der Waals surface area (Å²) < 4.78 is 39.2. The van der Waals surface area contributed by atoms with E-state index in [2.05, 4.69) is 10.0 Å². The normalized spacial score (nSPS) is 12.3. The van der Waals surface area contributed by atoms with Crippen LogP contribution in [0.3, 0.4) is 0 Å². The van der Waals surface area contributed by atoms with Gasteiger partial charge in [0.05, 0.1) is 19.9 Å². The SMILES string of the molecule is COc1ccc(C)cc1S(=O)(=O)N[C@@H](Cc1ccccc1)C(=O)NCc1ccco1. The second-order valence-electron chi connectivity index (χ2n) is 6.82. The summed E-state index contributed by atoms with van der Waals surface area (Å²) in [6.07, 6.45) is 1.70. The lowest BCUT2D eigenvalue weighted by molar-refractivity contribution is -0.122. The quantitative estimate of drug-likeness (QED) is 0.546. The van der Waals surface area contributed by atoms with Crippen molar-refractivity contribution in [1.29, 1.82) is 0 Å². The highest BCUT2D eigenvalue weighted by Gasteiger charge is 2.28. The Balaban J connectivity index is 1.85. The number of rotatable bonds is 9. The molecule has 0 bridgehead atoms. The Morgan fingerprint density at radius 2 is 1.87 bits per heavy atom. The predicted octanol–water partition coefficient (Wildman–Crippen LogP) is 2.80. The zero-order valence-electron chi connectivity index (χ0n) is 16.8. The van der Waals surface area contributed by atoms with E-state index in [4.69, 9.17) is 9.15 Å². The van der Waals surface area contributed by atoms with E-state index < -0.39 is 22.0 Å². The summed E-state index contributed by atoms with van der Waals surface area (Å²) in [6, 6.07) is 16.5. The van der Waals surface area contributed by atoms with Crippen molar-refractivity contribution in [3.63, 3.8) is 0 Å². The smallest absolute Gasteiger partial charge is 0.244 e. The minimum Gasteiger partial charge on any atom is -0.495 e. The van der Waals surface area contributed by atoms with E-state index in [1.165, 1.54) is 19.4 Å². The highest BCUT2D eigenvalue weighted by molar-refractivity contribution is 7.89. The van der Waals surface area contributed by atoms with Gasteiger partial charge in [-0.1, -0.05) is 36.4 Å². The molecule has 1 heterocycles. The molecule has 1 amide bonds. The van der Waals surface area contributed by atoms with Gasteiger partial charge < -0.3 is 14.5 Å². The van der Waals surface area contributed by atoms with E-state index in [0.29, 0.717) is 5.76 Å². The van der Waals surface area contributed by atoms with E-state index >= 15 is 0 Å². The van der Waals surface area contributed by atoms with Gasteiger partial charge in [0.15, 0.2) is 0 Å². The Bertz CT molecular complexity index is 1080. The van der Waals surface area contributed by atoms with Crippen LogP contribution in [0.2, 0.25) is 0 Å². The van der Waals surface area contributed by atoms with Gasteiger partial charge >= 0.3 is 0 Å². The molecule has 3 rings (SSSR count). The van der Waals surface area contributed by atoms with Crippen LogP contribution in [0.4, 0.5) is 0 Å². The van der Waals surface area contributed by atoms with Gasteiger partial charge in [-0.05, 0) is 48.7 Å². The van der Waals surface area contributed by atoms with Crippen molar-refractivity contribution in [2.45, 2.75) is 30.8 Å². The van der Waals surface area contributed by atoms with Crippen LogP contribution in [0, 0.1) is 6.92 Å². The summed E-state index contributed by atoms with van der Waals surface area (Å²) in [4.78, 5) is 12.9. The molecular weight excluding hydrogens is 404 g/mol. The number of hydrogen-bond acceptors (Lipinski definition) is 5. The first kappa shape index (κ1) is 21.6. The monoisotopic (exact) mass is 428 g/mol. The standard InChI is InChI=1S/C22H24N2O5S/c1-16-10-11-20(28-2)21(13-16)30(26,27)24-19(14-17-7-4-3-5-8-17)22(25)23-15-18-9-6-12-29-18/h3-13,19,24H,14-15H2,1-2H3,(H,23,25)/t19-/m0/s1. The number of benzene rings is 2. The molecule has 0 aliphatic heterocycles. The van der Waals surface area contributed by atoms with Crippen LogP contribution < -0.4 is 14.8 Å². The first-order chi connectivity index (χ1) is 14.4. The van der Waals surface area contributed by atoms with Crippen LogP contribution in [0.15, 0.2) is 76.2 Å². The third-order valence-electron chi connectivity index (χ3n) is 4.52. The molecule has 8 heteroatoms. The van der Waals surface area contributed by atoms with Crippen LogP contribution in [0.5, 0.6) is 5.75 Å². The average Bonchev–Trinajstić information content (AvgIpc) is 3.26. The molecule has 0 fully saturated rings. The molecule has 3 aromatic rings. The lowest BCUT2D eigenvalue weighted by Crippen LogP contribution is -2.47. The van der Waals surface area contributed by atoms with Crippen LogP contribution in [0.25, 0.3) is 0 Å². The summed E-state index contributed by atoms with van der Waals surface area (Å²) in [5.41, 5.74) is 1.59. The third kappa shape index (κ3) is 5.49. The minimum atomic E-state index is -4.02. The van der Waals surface area contributed by atoms with E-state index in [9.17, 15) is 13.2 Å². The van der Waals surface area contributed by atoms with Crippen LogP contribution >= 0.6 is 0 Å². The number of aryl methyl sites for hydroxylation is 1. The molecule has 158 valence electrons. The summed E-state index contributed by atoms with van der Waals surface area (Å²) in [7, 11) is -2.62. The number of furan rings is 1. The Hall–Kier alpha value is -3.10. The molecule has 2 N–H and O–H groups in total. The fraction of sp³-hybridized carbons (Fsp3) is 0.227. The first-order valence-electron chi connectivity index (χ1n) is 9.40. The topological polar surface area (TPSA) is 97.6 Å². The number of amides is 1. The number of nitrogens with one attached hydrogen (secondary N) is 2. The van der Waals surface area contributed by atoms with Gasteiger partial charge in [-0.2, -0.15) is 4.72 Å². The van der Waals surface area contributed by atoms with Gasteiger partial charge in [-0.3, -0.25) is 4.79 Å². The molecule has 0 aliphatic carbocycles. The van der Waals surface area contributed by atoms with Crippen molar-refractivity contribution in [2.75, 3.05) is 7.11 Å². The lowest BCUT2D eigenvalue weighted by Gasteiger charge is -2.19. The van der Waals surface area contributed by atoms with Crippen LogP contribution in [0.1, 0.15) is 16.9 Å². The lowest BCUT2D eigenvalue weighted by atomic mass is 10.1. The maximum absolute atomic E-state index is 13.1. The van der Waals surface area contributed by atoms with Gasteiger partial charge in [0.25, 0.3) is 0 Å². The Morgan fingerprint density at radius 3 is 2.53 bits per heavy atom. The molecule has 0 spiro atoms. The highest BCUT2D eigenvalue weighted by atomic mass is 32.2. The van der Waals surface area contributed by atoms with Crippen LogP contribution in [-0.4, -0.2) is 27.5 Å². The Morgan fingerprint density at radius 1 is 1.10 bits per heavy atom. The van der Waals surface area contributed by atoms with Crippen LogP contribution in [-0.2, 0) is 27.8 Å². The fourth-order valence-electron chi connectivity index (χ4n) is 2.99. The maximum atomic E-state index is 13.1. The molecule has 2 aromatic carbocycles. The van der Waals surface area contributed by atoms with E-state index in [0.717, 1.165) is 11.1 Å². The first-order valence-corrected chi connectivity index (χ1v) is 10.9. The summed E-state index contributed by atoms with van der Waals surface area (Å²) in [6.45, 7) is 1.95. The molecule has 1 atom stereocenters. The van der Waals surface area contributed by atoms with Gasteiger partial charge in [-0.15, -0.1) is 0 Å². The maximum Gasteiger partial charge on any atom is 0.244 e. The second-order valence-corrected chi connectivity index (χ2v) is 8.50. The number of sulfonamides is 1. The van der Waals surface area contributed by atoms with Crippen molar-refractivity contribution in [3.8, 4) is 5.75 Å². The molecule has 0 saturated heterocycles. The Kier molecular flexibility index (Phi) is 6.91. The minimum absolute atomic E-state index is 0.0121. The second kappa shape index (κ2) is 9.60. The summed E-state index contributed by atoms with van der Waals surface area (Å²) in [5, 5.41) is 2.73. The zero-order chi connectivity index (χ0) is 21.6. The molecule has 0 saturated carbocycles. The van der Waals surface area contributed by atoms with E-state index in [1.54, 1.807) is 31.2 Å². The Labute approximate surface area is 176 Å². The van der Waals surface area contributed by atoms with E-state index in [-0.39, 0.29) is 23.6 Å². The molecule has 1 aromatic heterocycles. The number of carbonyl (C=O) groups excluding carboxylic acids is 1. The van der Waals surface area contributed by atoms with Gasteiger partial charge in [0, 0.05) is 0 Å². The summed E-state index contributed by atoms with van der Waals surface area (Å²) >= 11 is 0. The fourth-order valence-corrected chi connectivity index (χ4v) is 4.44. The average molecular weight is 429 g/mol. The number of methoxy groups -OCH3 is 1. The molecule has 0 aliphatic rings.